The molecule has 0 amide bonds. The van der Waals surface area contributed by atoms with Crippen molar-refractivity contribution in [1.29, 1.82) is 0 Å². The average Bonchev–Trinajstić information content (AvgIpc) is 2.94. The Kier molecular flexibility index (Phi) is 2.29. The minimum absolute atomic E-state index is 0.0851. The van der Waals surface area contributed by atoms with Crippen molar-refractivity contribution in [2.45, 2.75) is 13.3 Å². The highest BCUT2D eigenvalue weighted by Crippen LogP contribution is 2.19. The van der Waals surface area contributed by atoms with Gasteiger partial charge in [-0.05, 0) is 12.5 Å². The molecule has 3 aromatic rings. The lowest BCUT2D eigenvalue weighted by molar-refractivity contribution is 0.440. The highest BCUT2D eigenvalue weighted by molar-refractivity contribution is 5.78. The summed E-state index contributed by atoms with van der Waals surface area (Å²) >= 11 is 0. The van der Waals surface area contributed by atoms with E-state index in [1.807, 2.05) is 20.0 Å². The van der Waals surface area contributed by atoms with E-state index in [2.05, 4.69) is 15.2 Å². The number of aromatic nitrogens is 4. The first-order chi connectivity index (χ1) is 8.70. The van der Waals surface area contributed by atoms with Crippen LogP contribution >= 0.6 is 0 Å². The van der Waals surface area contributed by atoms with E-state index in [1.165, 1.54) is 0 Å². The van der Waals surface area contributed by atoms with Crippen molar-refractivity contribution >= 4 is 11.1 Å². The van der Waals surface area contributed by atoms with E-state index >= 15 is 0 Å². The van der Waals surface area contributed by atoms with Gasteiger partial charge in [0.05, 0.1) is 17.1 Å². The smallest absolute Gasteiger partial charge is 0.240 e. The zero-order valence-electron chi connectivity index (χ0n) is 10.1. The molecular weight excluding hydrogens is 232 g/mol. The van der Waals surface area contributed by atoms with Crippen molar-refractivity contribution in [2.24, 2.45) is 7.05 Å². The van der Waals surface area contributed by atoms with E-state index < -0.39 is 0 Å². The van der Waals surface area contributed by atoms with Crippen molar-refractivity contribution in [3.8, 4) is 11.4 Å². The van der Waals surface area contributed by atoms with Crippen LogP contribution in [0.25, 0.3) is 22.5 Å². The SMILES string of the molecule is CCc1noc2[nH]c(-c3ccnn3C)cc(=O)c12. The highest BCUT2D eigenvalue weighted by Gasteiger charge is 2.13. The number of nitrogens with zero attached hydrogens (tertiary/aromatic N) is 3. The maximum absolute atomic E-state index is 12.1. The molecular formula is C12H12N4O2. The minimum atomic E-state index is -0.0851. The van der Waals surface area contributed by atoms with Crippen molar-refractivity contribution < 1.29 is 4.52 Å². The van der Waals surface area contributed by atoms with Gasteiger partial charge in [-0.1, -0.05) is 12.1 Å². The maximum atomic E-state index is 12.1. The van der Waals surface area contributed by atoms with E-state index in [1.54, 1.807) is 16.9 Å². The number of H-pyrrole nitrogens is 1. The number of hydrogen-bond acceptors (Lipinski definition) is 4. The monoisotopic (exact) mass is 244 g/mol. The van der Waals surface area contributed by atoms with Crippen molar-refractivity contribution in [2.75, 3.05) is 0 Å². The molecule has 18 heavy (non-hydrogen) atoms. The van der Waals surface area contributed by atoms with Crippen LogP contribution in [-0.2, 0) is 13.5 Å². The Labute approximate surface area is 102 Å². The highest BCUT2D eigenvalue weighted by atomic mass is 16.5. The Morgan fingerprint density at radius 1 is 1.50 bits per heavy atom. The van der Waals surface area contributed by atoms with Crippen molar-refractivity contribution in [3.05, 3.63) is 34.2 Å². The summed E-state index contributed by atoms with van der Waals surface area (Å²) in [5.41, 5.74) is 2.51. The summed E-state index contributed by atoms with van der Waals surface area (Å²) in [5.74, 6) is 0. The van der Waals surface area contributed by atoms with Gasteiger partial charge in [-0.25, -0.2) is 0 Å². The van der Waals surface area contributed by atoms with Crippen LogP contribution in [0.4, 0.5) is 0 Å². The fourth-order valence-corrected chi connectivity index (χ4v) is 2.04. The van der Waals surface area contributed by atoms with Gasteiger partial charge in [-0.3, -0.25) is 9.48 Å². The normalized spacial score (nSPS) is 11.2. The summed E-state index contributed by atoms with van der Waals surface area (Å²) in [5, 5.41) is 8.49. The second kappa shape index (κ2) is 3.83. The average molecular weight is 244 g/mol. The molecule has 0 saturated heterocycles. The van der Waals surface area contributed by atoms with Crippen LogP contribution in [0.3, 0.4) is 0 Å². The first-order valence-corrected chi connectivity index (χ1v) is 5.70. The second-order valence-electron chi connectivity index (χ2n) is 4.07. The van der Waals surface area contributed by atoms with Crippen LogP contribution in [0.2, 0.25) is 0 Å². The topological polar surface area (TPSA) is 76.7 Å². The van der Waals surface area contributed by atoms with E-state index in [9.17, 15) is 4.79 Å². The van der Waals surface area contributed by atoms with Gasteiger partial charge in [0.1, 0.15) is 5.39 Å². The van der Waals surface area contributed by atoms with Gasteiger partial charge >= 0.3 is 0 Å². The first-order valence-electron chi connectivity index (χ1n) is 5.70. The third kappa shape index (κ3) is 1.46. The lowest BCUT2D eigenvalue weighted by atomic mass is 10.2. The molecule has 0 aliphatic heterocycles. The summed E-state index contributed by atoms with van der Waals surface area (Å²) in [6, 6.07) is 3.38. The van der Waals surface area contributed by atoms with Crippen LogP contribution < -0.4 is 5.43 Å². The van der Waals surface area contributed by atoms with Gasteiger partial charge < -0.3 is 9.51 Å². The van der Waals surface area contributed by atoms with Crippen molar-refractivity contribution in [3.63, 3.8) is 0 Å². The predicted octanol–water partition coefficient (Wildman–Crippen LogP) is 1.48. The number of pyridine rings is 1. The quantitative estimate of drug-likeness (QED) is 0.740. The Balaban J connectivity index is 2.29. The van der Waals surface area contributed by atoms with Crippen LogP contribution in [0.1, 0.15) is 12.6 Å². The molecule has 3 heterocycles. The molecule has 0 saturated carbocycles. The summed E-state index contributed by atoms with van der Waals surface area (Å²) in [4.78, 5) is 15.2. The summed E-state index contributed by atoms with van der Waals surface area (Å²) in [6.45, 7) is 1.94. The molecule has 3 rings (SSSR count). The number of hydrogen-bond donors (Lipinski definition) is 1. The van der Waals surface area contributed by atoms with Crippen LogP contribution in [0.15, 0.2) is 27.6 Å². The Bertz CT molecular complexity index is 766. The molecule has 0 radical (unpaired) electrons. The van der Waals surface area contributed by atoms with Gasteiger partial charge in [-0.2, -0.15) is 5.10 Å². The van der Waals surface area contributed by atoms with E-state index in [0.29, 0.717) is 28.9 Å². The number of aryl methyl sites for hydroxylation is 2. The molecule has 3 aromatic heterocycles. The number of fused-ring (bicyclic) bond motifs is 1. The van der Waals surface area contributed by atoms with Crippen LogP contribution in [-0.4, -0.2) is 19.9 Å². The lowest BCUT2D eigenvalue weighted by Crippen LogP contribution is -2.05. The molecule has 0 fully saturated rings. The Morgan fingerprint density at radius 2 is 2.33 bits per heavy atom. The number of rotatable bonds is 2. The Morgan fingerprint density at radius 3 is 3.00 bits per heavy atom. The van der Waals surface area contributed by atoms with Gasteiger partial charge in [0.25, 0.3) is 0 Å². The van der Waals surface area contributed by atoms with E-state index in [-0.39, 0.29) is 5.43 Å². The summed E-state index contributed by atoms with van der Waals surface area (Å²) in [7, 11) is 1.82. The molecule has 6 nitrogen and oxygen atoms in total. The molecule has 0 atom stereocenters. The second-order valence-corrected chi connectivity index (χ2v) is 4.07. The summed E-state index contributed by atoms with van der Waals surface area (Å²) < 4.78 is 6.85. The maximum Gasteiger partial charge on any atom is 0.240 e. The largest absolute Gasteiger partial charge is 0.337 e. The number of nitrogens with one attached hydrogen (secondary N) is 1. The molecule has 6 heteroatoms. The molecule has 0 bridgehead atoms. The lowest BCUT2D eigenvalue weighted by Gasteiger charge is -2.01. The molecule has 0 aliphatic rings. The van der Waals surface area contributed by atoms with Gasteiger partial charge in [0.15, 0.2) is 5.43 Å². The third-order valence-corrected chi connectivity index (χ3v) is 2.96. The third-order valence-electron chi connectivity index (χ3n) is 2.96. The van der Waals surface area contributed by atoms with Crippen molar-refractivity contribution in [1.82, 2.24) is 19.9 Å². The first kappa shape index (κ1) is 10.8. The molecule has 0 aromatic carbocycles. The van der Waals surface area contributed by atoms with Crippen LogP contribution in [0, 0.1) is 0 Å². The standard InChI is InChI=1S/C12H12N4O2/c1-3-7-11-10(17)6-8(14-12(11)18-15-7)9-4-5-13-16(9)2/h4-6H,3H2,1-2H3,(H,14,17). The number of aromatic amines is 1. The minimum Gasteiger partial charge on any atom is -0.337 e. The molecule has 92 valence electrons. The zero-order chi connectivity index (χ0) is 12.7. The molecule has 0 unspecified atom stereocenters. The fourth-order valence-electron chi connectivity index (χ4n) is 2.04. The molecule has 0 spiro atoms. The Hall–Kier alpha value is -2.37. The van der Waals surface area contributed by atoms with E-state index in [4.69, 9.17) is 4.52 Å². The summed E-state index contributed by atoms with van der Waals surface area (Å²) in [6.07, 6.45) is 2.34. The molecule has 1 N–H and O–H groups in total. The van der Waals surface area contributed by atoms with Gasteiger partial charge in [-0.15, -0.1) is 0 Å². The van der Waals surface area contributed by atoms with E-state index in [0.717, 1.165) is 5.69 Å². The van der Waals surface area contributed by atoms with Crippen LogP contribution in [0.5, 0.6) is 0 Å². The zero-order valence-corrected chi connectivity index (χ0v) is 10.1. The van der Waals surface area contributed by atoms with Gasteiger partial charge in [0, 0.05) is 19.3 Å². The fraction of sp³-hybridized carbons (Fsp3) is 0.250. The van der Waals surface area contributed by atoms with Gasteiger partial charge in [0.2, 0.25) is 5.71 Å². The molecule has 0 aliphatic carbocycles. The predicted molar refractivity (Wildman–Crippen MR) is 66.2 cm³/mol.